The van der Waals surface area contributed by atoms with Crippen molar-refractivity contribution >= 4 is 20.2 Å². The predicted molar refractivity (Wildman–Crippen MR) is 144 cm³/mol. The zero-order chi connectivity index (χ0) is 26.4. The molecule has 36 heavy (non-hydrogen) atoms. The number of benzene rings is 2. The summed E-state index contributed by atoms with van der Waals surface area (Å²) in [6, 6.07) is 12.4. The molecular formula is C28H42O6S2. The second kappa shape index (κ2) is 15.5. The Hall–Kier alpha value is -1.74. The molecule has 0 saturated carbocycles. The van der Waals surface area contributed by atoms with E-state index < -0.39 is 26.5 Å². The molecule has 0 amide bonds. The number of hydrogen-bond acceptors (Lipinski definition) is 6. The normalized spacial score (nSPS) is 12.3. The molecule has 2 aromatic carbocycles. The molecule has 2 rings (SSSR count). The van der Waals surface area contributed by atoms with E-state index >= 15 is 0 Å². The quantitative estimate of drug-likeness (QED) is 0.111. The largest absolute Gasteiger partial charge is 0.299 e. The third-order valence-corrected chi connectivity index (χ3v) is 8.77. The molecule has 0 spiro atoms. The molecule has 0 aliphatic heterocycles. The van der Waals surface area contributed by atoms with Crippen LogP contribution in [0.3, 0.4) is 0 Å². The first-order chi connectivity index (χ1) is 17.1. The summed E-state index contributed by atoms with van der Waals surface area (Å²) in [7, 11) is -8.38. The molecule has 0 fully saturated rings. The second-order valence-corrected chi connectivity index (χ2v) is 12.6. The highest BCUT2D eigenvalue weighted by atomic mass is 32.2. The van der Waals surface area contributed by atoms with Gasteiger partial charge in [0.1, 0.15) is 0 Å². The molecular weight excluding hydrogens is 496 g/mol. The van der Waals surface area contributed by atoms with Crippen molar-refractivity contribution in [3.05, 3.63) is 59.7 Å². The zero-order valence-electron chi connectivity index (χ0n) is 21.9. The van der Waals surface area contributed by atoms with E-state index in [1.165, 1.54) is 69.2 Å². The van der Waals surface area contributed by atoms with E-state index in [0.717, 1.165) is 30.4 Å². The van der Waals surface area contributed by atoms with Gasteiger partial charge in [-0.1, -0.05) is 107 Å². The first-order valence-electron chi connectivity index (χ1n) is 13.1. The average Bonchev–Trinajstić information content (AvgIpc) is 2.82. The van der Waals surface area contributed by atoms with Gasteiger partial charge in [0, 0.05) is 6.42 Å². The van der Waals surface area contributed by atoms with E-state index in [1.54, 1.807) is 24.3 Å². The molecule has 0 saturated heterocycles. The Kier molecular flexibility index (Phi) is 13.1. The van der Waals surface area contributed by atoms with E-state index in [1.807, 2.05) is 13.8 Å². The van der Waals surface area contributed by atoms with Crippen molar-refractivity contribution in [1.82, 2.24) is 0 Å². The third-order valence-electron chi connectivity index (χ3n) is 6.13. The average molecular weight is 539 g/mol. The van der Waals surface area contributed by atoms with Gasteiger partial charge in [-0.05, 0) is 44.5 Å². The fraction of sp³-hybridized carbons (Fsp3) is 0.571. The topological polar surface area (TPSA) is 86.7 Å². The Morgan fingerprint density at radius 1 is 0.556 bits per heavy atom. The Morgan fingerprint density at radius 2 is 0.889 bits per heavy atom. The maximum atomic E-state index is 12.8. The fourth-order valence-electron chi connectivity index (χ4n) is 3.89. The molecule has 0 aromatic heterocycles. The Bertz CT molecular complexity index is 1010. The summed E-state index contributed by atoms with van der Waals surface area (Å²) in [5.41, 5.74) is 1.81. The summed E-state index contributed by atoms with van der Waals surface area (Å²) < 4.78 is 61.9. The van der Waals surface area contributed by atoms with E-state index in [9.17, 15) is 16.8 Å². The molecule has 0 atom stereocenters. The Labute approximate surface area is 218 Å². The molecule has 6 nitrogen and oxygen atoms in total. The van der Waals surface area contributed by atoms with Crippen molar-refractivity contribution in [1.29, 1.82) is 0 Å². The van der Waals surface area contributed by atoms with Gasteiger partial charge in [-0.25, -0.2) is 8.37 Å². The minimum atomic E-state index is -4.19. The van der Waals surface area contributed by atoms with Crippen molar-refractivity contribution in [3.8, 4) is 0 Å². The van der Waals surface area contributed by atoms with Crippen molar-refractivity contribution in [2.75, 3.05) is 0 Å². The van der Waals surface area contributed by atoms with Crippen LogP contribution in [0.25, 0.3) is 0 Å². The van der Waals surface area contributed by atoms with Crippen LogP contribution >= 0.6 is 0 Å². The smallest absolute Gasteiger partial charge is 0.233 e. The van der Waals surface area contributed by atoms with Gasteiger partial charge in [0.15, 0.2) is 6.29 Å². The van der Waals surface area contributed by atoms with Crippen molar-refractivity contribution in [2.45, 2.75) is 114 Å². The molecule has 8 heteroatoms. The third kappa shape index (κ3) is 11.1. The molecule has 0 N–H and O–H groups in total. The maximum absolute atomic E-state index is 12.8. The van der Waals surface area contributed by atoms with Gasteiger partial charge >= 0.3 is 0 Å². The van der Waals surface area contributed by atoms with Crippen LogP contribution in [0.4, 0.5) is 0 Å². The van der Waals surface area contributed by atoms with Crippen LogP contribution in [0.15, 0.2) is 58.3 Å². The van der Waals surface area contributed by atoms with Crippen LogP contribution in [0.5, 0.6) is 0 Å². The van der Waals surface area contributed by atoms with Crippen LogP contribution < -0.4 is 0 Å². The minimum Gasteiger partial charge on any atom is -0.233 e. The molecule has 0 heterocycles. The number of aryl methyl sites for hydroxylation is 2. The lowest BCUT2D eigenvalue weighted by Gasteiger charge is -2.18. The predicted octanol–water partition coefficient (Wildman–Crippen LogP) is 7.44. The van der Waals surface area contributed by atoms with E-state index in [4.69, 9.17) is 8.37 Å². The lowest BCUT2D eigenvalue weighted by molar-refractivity contribution is 0.00873. The van der Waals surface area contributed by atoms with Crippen molar-refractivity contribution in [2.24, 2.45) is 0 Å². The van der Waals surface area contributed by atoms with Crippen molar-refractivity contribution < 1.29 is 25.2 Å². The zero-order valence-corrected chi connectivity index (χ0v) is 23.6. The first-order valence-corrected chi connectivity index (χ1v) is 16.0. The highest BCUT2D eigenvalue weighted by Gasteiger charge is 2.28. The number of unbranched alkanes of at least 4 members (excludes halogenated alkanes) is 10. The first kappa shape index (κ1) is 30.5. The molecule has 0 radical (unpaired) electrons. The maximum Gasteiger partial charge on any atom is 0.299 e. The molecule has 0 aliphatic rings. The van der Waals surface area contributed by atoms with Gasteiger partial charge in [-0.3, -0.25) is 0 Å². The van der Waals surface area contributed by atoms with Crippen LogP contribution in [-0.2, 0) is 28.6 Å². The number of hydrogen-bond donors (Lipinski definition) is 0. The summed E-state index contributed by atoms with van der Waals surface area (Å²) in [5, 5.41) is 0. The lowest BCUT2D eigenvalue weighted by atomic mass is 10.1. The Balaban J connectivity index is 1.94. The van der Waals surface area contributed by atoms with Crippen LogP contribution in [0, 0.1) is 13.8 Å². The van der Waals surface area contributed by atoms with E-state index in [-0.39, 0.29) is 16.2 Å². The van der Waals surface area contributed by atoms with Crippen LogP contribution in [0.2, 0.25) is 0 Å². The summed E-state index contributed by atoms with van der Waals surface area (Å²) in [4.78, 5) is -0.0678. The summed E-state index contributed by atoms with van der Waals surface area (Å²) in [6.45, 7) is 5.92. The summed E-state index contributed by atoms with van der Waals surface area (Å²) in [5.74, 6) is 0. The highest BCUT2D eigenvalue weighted by molar-refractivity contribution is 7.87. The highest BCUT2D eigenvalue weighted by Crippen LogP contribution is 2.23. The standard InChI is InChI=1S/C28H42O6S2/c1-4-5-6-7-8-9-10-11-12-13-14-15-28(33-35(29,30)26-20-16-24(2)17-21-26)34-36(31,32)27-22-18-25(3)19-23-27/h16-23,28H,4-15H2,1-3H3. The molecule has 0 unspecified atom stereocenters. The van der Waals surface area contributed by atoms with E-state index in [2.05, 4.69) is 6.92 Å². The van der Waals surface area contributed by atoms with Gasteiger partial charge in [-0.2, -0.15) is 16.8 Å². The van der Waals surface area contributed by atoms with Gasteiger partial charge in [0.2, 0.25) is 0 Å². The Morgan fingerprint density at radius 3 is 1.25 bits per heavy atom. The van der Waals surface area contributed by atoms with Crippen molar-refractivity contribution in [3.63, 3.8) is 0 Å². The molecule has 0 aliphatic carbocycles. The molecule has 202 valence electrons. The fourth-order valence-corrected chi connectivity index (χ4v) is 5.94. The lowest BCUT2D eigenvalue weighted by Crippen LogP contribution is -2.25. The van der Waals surface area contributed by atoms with Gasteiger partial charge in [0.25, 0.3) is 20.2 Å². The van der Waals surface area contributed by atoms with Gasteiger partial charge < -0.3 is 0 Å². The summed E-state index contributed by atoms with van der Waals surface area (Å²) in [6.07, 6.45) is 11.2. The number of rotatable bonds is 18. The molecule has 2 aromatic rings. The van der Waals surface area contributed by atoms with E-state index in [0.29, 0.717) is 6.42 Å². The molecule has 0 bridgehead atoms. The minimum absolute atomic E-state index is 0.0339. The summed E-state index contributed by atoms with van der Waals surface area (Å²) >= 11 is 0. The van der Waals surface area contributed by atoms with Gasteiger partial charge in [0.05, 0.1) is 9.79 Å². The van der Waals surface area contributed by atoms with Crippen LogP contribution in [-0.4, -0.2) is 23.1 Å². The van der Waals surface area contributed by atoms with Gasteiger partial charge in [-0.15, -0.1) is 0 Å². The monoisotopic (exact) mass is 538 g/mol. The van der Waals surface area contributed by atoms with Crippen LogP contribution in [0.1, 0.15) is 95.1 Å². The second-order valence-electron chi connectivity index (χ2n) is 9.48. The SMILES string of the molecule is CCCCCCCCCCCCCC(OS(=O)(=O)c1ccc(C)cc1)OS(=O)(=O)c1ccc(C)cc1.